The highest BCUT2D eigenvalue weighted by atomic mass is 19.1. The van der Waals surface area contributed by atoms with Crippen LogP contribution < -0.4 is 15.4 Å². The summed E-state index contributed by atoms with van der Waals surface area (Å²) in [5, 5.41) is 5.19. The monoisotopic (exact) mass is 371 g/mol. The quantitative estimate of drug-likeness (QED) is 0.856. The first-order valence-corrected chi connectivity index (χ1v) is 8.28. The molecule has 0 radical (unpaired) electrons. The minimum atomic E-state index is -0.660. The summed E-state index contributed by atoms with van der Waals surface area (Å²) in [7, 11) is 1.52. The molecule has 1 saturated heterocycles. The van der Waals surface area contributed by atoms with E-state index in [0.717, 1.165) is 12.1 Å². The lowest BCUT2D eigenvalue weighted by Gasteiger charge is -2.26. The molecule has 2 N–H and O–H groups in total. The van der Waals surface area contributed by atoms with Gasteiger partial charge < -0.3 is 20.3 Å². The number of carbonyl (C=O) groups is 3. The van der Waals surface area contributed by atoms with Crippen LogP contribution in [0, 0.1) is 5.82 Å². The molecule has 7 nitrogen and oxygen atoms in total. The Hall–Kier alpha value is -3.42. The van der Waals surface area contributed by atoms with Gasteiger partial charge in [-0.05, 0) is 42.5 Å². The van der Waals surface area contributed by atoms with Gasteiger partial charge in [0.25, 0.3) is 11.8 Å². The zero-order chi connectivity index (χ0) is 19.4. The number of benzene rings is 2. The van der Waals surface area contributed by atoms with Crippen molar-refractivity contribution in [2.24, 2.45) is 0 Å². The van der Waals surface area contributed by atoms with Gasteiger partial charge in [-0.15, -0.1) is 0 Å². The lowest BCUT2D eigenvalue weighted by molar-refractivity contribution is -0.123. The van der Waals surface area contributed by atoms with Crippen molar-refractivity contribution in [2.75, 3.05) is 32.1 Å². The Kier molecular flexibility index (Phi) is 5.35. The van der Waals surface area contributed by atoms with E-state index in [4.69, 9.17) is 4.74 Å². The van der Waals surface area contributed by atoms with E-state index in [1.54, 1.807) is 24.3 Å². The van der Waals surface area contributed by atoms with Crippen molar-refractivity contribution in [1.82, 2.24) is 10.2 Å². The Balaban J connectivity index is 1.77. The Morgan fingerprint density at radius 1 is 1.15 bits per heavy atom. The number of nitrogens with zero attached hydrogens (tertiary/aromatic N) is 1. The molecule has 0 spiro atoms. The fraction of sp³-hybridized carbons (Fsp3) is 0.211. The Labute approximate surface area is 155 Å². The van der Waals surface area contributed by atoms with Crippen LogP contribution in [0.25, 0.3) is 0 Å². The SMILES string of the molecule is COc1ccc(C(=O)Nc2cc(F)cc(C(=O)N3CCNC(=O)C3)c2)cc1. The number of hydrogen-bond acceptors (Lipinski definition) is 4. The van der Waals surface area contributed by atoms with Gasteiger partial charge in [-0.2, -0.15) is 0 Å². The molecule has 0 bridgehead atoms. The van der Waals surface area contributed by atoms with E-state index < -0.39 is 17.6 Å². The summed E-state index contributed by atoms with van der Waals surface area (Å²) in [6.07, 6.45) is 0. The molecule has 0 atom stereocenters. The molecule has 2 aromatic carbocycles. The number of nitrogens with one attached hydrogen (secondary N) is 2. The van der Waals surface area contributed by atoms with E-state index in [2.05, 4.69) is 10.6 Å². The minimum Gasteiger partial charge on any atom is -0.497 e. The van der Waals surface area contributed by atoms with Crippen molar-refractivity contribution in [3.05, 3.63) is 59.4 Å². The third kappa shape index (κ3) is 4.41. The highest BCUT2D eigenvalue weighted by Gasteiger charge is 2.23. The van der Waals surface area contributed by atoms with Crippen LogP contribution in [0.2, 0.25) is 0 Å². The number of methoxy groups -OCH3 is 1. The molecule has 3 rings (SSSR count). The van der Waals surface area contributed by atoms with E-state index in [9.17, 15) is 18.8 Å². The molecule has 1 fully saturated rings. The lowest BCUT2D eigenvalue weighted by Crippen LogP contribution is -2.50. The van der Waals surface area contributed by atoms with Crippen molar-refractivity contribution in [3.63, 3.8) is 0 Å². The van der Waals surface area contributed by atoms with Gasteiger partial charge in [0.15, 0.2) is 0 Å². The van der Waals surface area contributed by atoms with Gasteiger partial charge in [0.2, 0.25) is 5.91 Å². The number of amides is 3. The zero-order valence-electron chi connectivity index (χ0n) is 14.6. The molecule has 2 aromatic rings. The van der Waals surface area contributed by atoms with Gasteiger partial charge in [-0.25, -0.2) is 4.39 Å². The molecule has 140 valence electrons. The summed E-state index contributed by atoms with van der Waals surface area (Å²) in [5.41, 5.74) is 0.580. The predicted molar refractivity (Wildman–Crippen MR) is 96.3 cm³/mol. The molecule has 8 heteroatoms. The number of anilines is 1. The fourth-order valence-corrected chi connectivity index (χ4v) is 2.73. The van der Waals surface area contributed by atoms with E-state index in [1.165, 1.54) is 18.1 Å². The third-order valence-electron chi connectivity index (χ3n) is 4.08. The van der Waals surface area contributed by atoms with Gasteiger partial charge in [-0.3, -0.25) is 14.4 Å². The molecule has 27 heavy (non-hydrogen) atoms. The average molecular weight is 371 g/mol. The Bertz CT molecular complexity index is 883. The van der Waals surface area contributed by atoms with Crippen LogP contribution in [0.4, 0.5) is 10.1 Å². The van der Waals surface area contributed by atoms with Crippen molar-refractivity contribution < 1.29 is 23.5 Å². The maximum Gasteiger partial charge on any atom is 0.255 e. The van der Waals surface area contributed by atoms with E-state index >= 15 is 0 Å². The highest BCUT2D eigenvalue weighted by Crippen LogP contribution is 2.18. The van der Waals surface area contributed by atoms with Crippen LogP contribution in [-0.4, -0.2) is 49.4 Å². The second-order valence-electron chi connectivity index (χ2n) is 5.99. The number of ether oxygens (including phenoxy) is 1. The molecule has 0 aromatic heterocycles. The standard InChI is InChI=1S/C19H18FN3O4/c1-27-16-4-2-12(3-5-16)18(25)22-15-9-13(8-14(20)10-15)19(26)23-7-6-21-17(24)11-23/h2-5,8-10H,6-7,11H2,1H3,(H,21,24)(H,22,25). The molecule has 1 aliphatic rings. The van der Waals surface area contributed by atoms with Crippen LogP contribution in [0.5, 0.6) is 5.75 Å². The molecule has 1 aliphatic heterocycles. The molecule has 3 amide bonds. The topological polar surface area (TPSA) is 87.7 Å². The number of halogens is 1. The highest BCUT2D eigenvalue weighted by molar-refractivity contribution is 6.05. The lowest BCUT2D eigenvalue weighted by atomic mass is 10.1. The summed E-state index contributed by atoms with van der Waals surface area (Å²) in [6, 6.07) is 10.0. The number of carbonyl (C=O) groups excluding carboxylic acids is 3. The van der Waals surface area contributed by atoms with E-state index in [0.29, 0.717) is 24.4 Å². The first-order chi connectivity index (χ1) is 13.0. The van der Waals surface area contributed by atoms with Crippen molar-refractivity contribution in [1.29, 1.82) is 0 Å². The second kappa shape index (κ2) is 7.86. The molecule has 0 aliphatic carbocycles. The van der Waals surface area contributed by atoms with Crippen molar-refractivity contribution in [3.8, 4) is 5.75 Å². The number of piperazine rings is 1. The van der Waals surface area contributed by atoms with Crippen LogP contribution in [0.3, 0.4) is 0 Å². The van der Waals surface area contributed by atoms with Crippen molar-refractivity contribution >= 4 is 23.4 Å². The summed E-state index contributed by atoms with van der Waals surface area (Å²) in [4.78, 5) is 37.6. The first kappa shape index (κ1) is 18.4. The van der Waals surface area contributed by atoms with Gasteiger partial charge in [0.1, 0.15) is 11.6 Å². The Morgan fingerprint density at radius 2 is 1.89 bits per heavy atom. The van der Waals surface area contributed by atoms with E-state index in [1.807, 2.05) is 0 Å². The van der Waals surface area contributed by atoms with Crippen LogP contribution in [-0.2, 0) is 4.79 Å². The molecular formula is C19H18FN3O4. The second-order valence-corrected chi connectivity index (χ2v) is 5.99. The maximum absolute atomic E-state index is 14.0. The van der Waals surface area contributed by atoms with Gasteiger partial charge in [-0.1, -0.05) is 0 Å². The van der Waals surface area contributed by atoms with E-state index in [-0.39, 0.29) is 23.7 Å². The largest absolute Gasteiger partial charge is 0.497 e. The van der Waals surface area contributed by atoms with Crippen molar-refractivity contribution in [2.45, 2.75) is 0 Å². The van der Waals surface area contributed by atoms with Gasteiger partial charge >= 0.3 is 0 Å². The summed E-state index contributed by atoms with van der Waals surface area (Å²) >= 11 is 0. The zero-order valence-corrected chi connectivity index (χ0v) is 14.6. The summed E-state index contributed by atoms with van der Waals surface area (Å²) in [6.45, 7) is 0.610. The van der Waals surface area contributed by atoms with Gasteiger partial charge in [0.05, 0.1) is 13.7 Å². The molecule has 0 saturated carbocycles. The van der Waals surface area contributed by atoms with Crippen LogP contribution in [0.1, 0.15) is 20.7 Å². The predicted octanol–water partition coefficient (Wildman–Crippen LogP) is 1.66. The maximum atomic E-state index is 14.0. The molecule has 1 heterocycles. The Morgan fingerprint density at radius 3 is 2.56 bits per heavy atom. The molecule has 0 unspecified atom stereocenters. The average Bonchev–Trinajstić information content (AvgIpc) is 2.67. The van der Waals surface area contributed by atoms with Crippen LogP contribution in [0.15, 0.2) is 42.5 Å². The molecular weight excluding hydrogens is 353 g/mol. The summed E-state index contributed by atoms with van der Waals surface area (Å²) < 4.78 is 19.0. The number of hydrogen-bond donors (Lipinski definition) is 2. The minimum absolute atomic E-state index is 0.0646. The summed E-state index contributed by atoms with van der Waals surface area (Å²) in [5.74, 6) is -1.23. The van der Waals surface area contributed by atoms with Gasteiger partial charge in [0, 0.05) is 29.9 Å². The normalized spacial score (nSPS) is 13.7. The fourth-order valence-electron chi connectivity index (χ4n) is 2.73. The third-order valence-corrected chi connectivity index (χ3v) is 4.08. The van der Waals surface area contributed by atoms with Crippen LogP contribution >= 0.6 is 0 Å². The number of rotatable bonds is 4. The smallest absolute Gasteiger partial charge is 0.255 e. The first-order valence-electron chi connectivity index (χ1n) is 8.28.